The molecule has 0 aliphatic carbocycles. The monoisotopic (exact) mass is 318 g/mol. The van der Waals surface area contributed by atoms with Crippen molar-refractivity contribution in [2.24, 2.45) is 0 Å². The van der Waals surface area contributed by atoms with Crippen LogP contribution in [0.3, 0.4) is 0 Å². The van der Waals surface area contributed by atoms with Crippen molar-refractivity contribution in [1.29, 1.82) is 0 Å². The zero-order chi connectivity index (χ0) is 17.2. The molecule has 0 aliphatic heterocycles. The molecule has 1 aromatic carbocycles. The van der Waals surface area contributed by atoms with Crippen molar-refractivity contribution < 1.29 is 27.7 Å². The van der Waals surface area contributed by atoms with E-state index < -0.39 is 17.8 Å². The molecule has 0 bridgehead atoms. The molecule has 2 amide bonds. The molecule has 0 heterocycles. The molecule has 0 saturated heterocycles. The lowest BCUT2D eigenvalue weighted by molar-refractivity contribution is -0.365. The number of hydrogen-bond donors (Lipinski definition) is 3. The molecule has 0 atom stereocenters. The Labute approximate surface area is 126 Å². The second-order valence-electron chi connectivity index (χ2n) is 3.57. The van der Waals surface area contributed by atoms with Gasteiger partial charge in [-0.1, -0.05) is 19.9 Å². The van der Waals surface area contributed by atoms with Gasteiger partial charge in [-0.15, -0.1) is 0 Å². The van der Waals surface area contributed by atoms with Gasteiger partial charge in [0.25, 0.3) is 5.88 Å². The summed E-state index contributed by atoms with van der Waals surface area (Å²) in [6.45, 7) is 7.30. The Kier molecular flexibility index (Phi) is 8.35. The van der Waals surface area contributed by atoms with E-state index in [1.165, 1.54) is 25.4 Å². The van der Waals surface area contributed by atoms with E-state index in [1.54, 1.807) is 0 Å². The summed E-state index contributed by atoms with van der Waals surface area (Å²) >= 11 is 0. The number of hydrogen-bond acceptors (Lipinski definition) is 2. The molecule has 8 heteroatoms. The number of ether oxygens (including phenoxy) is 1. The number of carbonyl (C=O) groups is 1. The van der Waals surface area contributed by atoms with E-state index in [0.29, 0.717) is 0 Å². The number of nitrogens with one attached hydrogen (secondary N) is 3. The van der Waals surface area contributed by atoms with E-state index in [-0.39, 0.29) is 11.6 Å². The first kappa shape index (κ1) is 19.5. The van der Waals surface area contributed by atoms with E-state index in [4.69, 9.17) is 4.74 Å². The van der Waals surface area contributed by atoms with Gasteiger partial charge in [0.15, 0.2) is 0 Å². The summed E-state index contributed by atoms with van der Waals surface area (Å²) in [7, 11) is 1.31. The molecule has 0 spiro atoms. The number of benzene rings is 1. The van der Waals surface area contributed by atoms with Gasteiger partial charge >= 0.3 is 12.2 Å². The number of amides is 2. The molecular formula is C14H19F3N3O2+. The molecule has 0 radical (unpaired) electrons. The number of rotatable bonds is 4. The molecule has 0 aliphatic rings. The highest BCUT2D eigenvalue weighted by molar-refractivity contribution is 5.90. The van der Waals surface area contributed by atoms with E-state index in [9.17, 15) is 18.0 Å². The summed E-state index contributed by atoms with van der Waals surface area (Å²) in [5, 5.41) is 4.54. The highest BCUT2D eigenvalue weighted by Crippen LogP contribution is 2.30. The van der Waals surface area contributed by atoms with Crippen molar-refractivity contribution in [2.75, 3.05) is 12.4 Å². The number of halogens is 3. The average molecular weight is 318 g/mol. The van der Waals surface area contributed by atoms with E-state index >= 15 is 0 Å². The van der Waals surface area contributed by atoms with Gasteiger partial charge in [-0.3, -0.25) is 5.32 Å². The Morgan fingerprint density at radius 1 is 1.36 bits per heavy atom. The fourth-order valence-electron chi connectivity index (χ4n) is 1.29. The van der Waals surface area contributed by atoms with Crippen LogP contribution in [0.4, 0.5) is 23.7 Å². The van der Waals surface area contributed by atoms with Crippen molar-refractivity contribution >= 4 is 18.4 Å². The van der Waals surface area contributed by atoms with Crippen molar-refractivity contribution in [1.82, 2.24) is 5.32 Å². The predicted octanol–water partition coefficient (Wildman–Crippen LogP) is 2.08. The van der Waals surface area contributed by atoms with Gasteiger partial charge in [-0.2, -0.15) is 13.2 Å². The summed E-state index contributed by atoms with van der Waals surface area (Å²) in [6.07, 6.45) is -3.20. The van der Waals surface area contributed by atoms with Gasteiger partial charge < -0.3 is 10.1 Å². The zero-order valence-electron chi connectivity index (χ0n) is 12.5. The lowest BCUT2D eigenvalue weighted by atomic mass is 10.2. The number of anilines is 1. The largest absolute Gasteiger partial charge is 0.478 e. The number of methoxy groups -OCH3 is 1. The fourth-order valence-corrected chi connectivity index (χ4v) is 1.29. The summed E-state index contributed by atoms with van der Waals surface area (Å²) in [4.78, 5) is 13.9. The smallest absolute Gasteiger partial charge is 0.416 e. The summed E-state index contributed by atoms with van der Waals surface area (Å²) in [5.41, 5.74) is -0.840. The van der Waals surface area contributed by atoms with Crippen molar-refractivity contribution in [3.05, 3.63) is 41.9 Å². The Bertz CT molecular complexity index is 528. The standard InChI is InChI=1S/C12H12F3N3O2.C2H6/c1-16-7-10(20-2)18-11(19)17-9-5-3-4-8(6-9)12(13,14)15;1-2/h3-7H,1H2,2H3,(H2,17,18,19);1-2H3/p+1/b10-7-;. The molecular weight excluding hydrogens is 299 g/mol. The van der Waals surface area contributed by atoms with Crippen LogP contribution >= 0.6 is 0 Å². The highest BCUT2D eigenvalue weighted by atomic mass is 19.4. The molecule has 122 valence electrons. The summed E-state index contributed by atoms with van der Waals surface area (Å²) in [5.74, 6) is 0.0597. The zero-order valence-corrected chi connectivity index (χ0v) is 12.5. The van der Waals surface area contributed by atoms with Crippen LogP contribution in [0.15, 0.2) is 36.3 Å². The molecule has 1 rings (SSSR count). The van der Waals surface area contributed by atoms with Gasteiger partial charge in [-0.25, -0.2) is 9.79 Å². The second kappa shape index (κ2) is 9.43. The van der Waals surface area contributed by atoms with Crippen LogP contribution in [0.1, 0.15) is 19.4 Å². The van der Waals surface area contributed by atoms with Crippen molar-refractivity contribution in [3.63, 3.8) is 0 Å². The van der Waals surface area contributed by atoms with Crippen LogP contribution in [0.25, 0.3) is 0 Å². The Hall–Kier alpha value is -2.51. The van der Waals surface area contributed by atoms with Crippen LogP contribution in [-0.4, -0.2) is 19.9 Å². The molecule has 0 aromatic heterocycles. The third-order valence-electron chi connectivity index (χ3n) is 2.14. The molecule has 5 nitrogen and oxygen atoms in total. The Balaban J connectivity index is 0.00000211. The first-order valence-electron chi connectivity index (χ1n) is 6.39. The lowest BCUT2D eigenvalue weighted by Gasteiger charge is -2.10. The first-order chi connectivity index (χ1) is 10.4. The lowest BCUT2D eigenvalue weighted by Crippen LogP contribution is -2.58. The average Bonchev–Trinajstić information content (AvgIpc) is 2.48. The second-order valence-corrected chi connectivity index (χ2v) is 3.57. The van der Waals surface area contributed by atoms with Crippen LogP contribution < -0.4 is 15.6 Å². The quantitative estimate of drug-likeness (QED) is 0.588. The number of alkyl halides is 3. The Morgan fingerprint density at radius 2 is 2.00 bits per heavy atom. The van der Waals surface area contributed by atoms with Crippen molar-refractivity contribution in [3.8, 4) is 0 Å². The summed E-state index contributed by atoms with van der Waals surface area (Å²) in [6, 6.07) is 3.53. The van der Waals surface area contributed by atoms with Gasteiger partial charge in [0.2, 0.25) is 6.20 Å². The third kappa shape index (κ3) is 6.78. The Morgan fingerprint density at radius 3 is 2.50 bits per heavy atom. The molecule has 22 heavy (non-hydrogen) atoms. The SMILES string of the molecule is C=[NH+]/C=C(/NC(=O)Nc1cccc(C(F)(F)F)c1)OC.CC. The minimum atomic E-state index is -4.47. The predicted molar refractivity (Wildman–Crippen MR) is 78.1 cm³/mol. The highest BCUT2D eigenvalue weighted by Gasteiger charge is 2.30. The first-order valence-corrected chi connectivity index (χ1v) is 6.39. The fraction of sp³-hybridized carbons (Fsp3) is 0.286. The molecule has 0 unspecified atom stereocenters. The maximum atomic E-state index is 12.5. The number of urea groups is 1. The van der Waals surface area contributed by atoms with Gasteiger partial charge in [0, 0.05) is 5.69 Å². The van der Waals surface area contributed by atoms with Crippen LogP contribution in [0.2, 0.25) is 0 Å². The minimum absolute atomic E-state index is 0.00959. The minimum Gasteiger partial charge on any atom is -0.478 e. The van der Waals surface area contributed by atoms with Crippen molar-refractivity contribution in [2.45, 2.75) is 20.0 Å². The van der Waals surface area contributed by atoms with Gasteiger partial charge in [0.05, 0.1) is 12.7 Å². The van der Waals surface area contributed by atoms with Gasteiger partial charge in [0.1, 0.15) is 6.72 Å². The molecule has 0 fully saturated rings. The third-order valence-corrected chi connectivity index (χ3v) is 2.14. The van der Waals surface area contributed by atoms with Crippen LogP contribution in [0, 0.1) is 0 Å². The topological polar surface area (TPSA) is 64.3 Å². The van der Waals surface area contributed by atoms with E-state index in [0.717, 1.165) is 12.1 Å². The van der Waals surface area contributed by atoms with Crippen LogP contribution in [-0.2, 0) is 10.9 Å². The molecule has 1 aromatic rings. The number of carbonyl (C=O) groups excluding carboxylic acids is 1. The van der Waals surface area contributed by atoms with E-state index in [2.05, 4.69) is 22.3 Å². The summed E-state index contributed by atoms with van der Waals surface area (Å²) < 4.78 is 42.3. The van der Waals surface area contributed by atoms with E-state index in [1.807, 2.05) is 13.8 Å². The maximum Gasteiger partial charge on any atom is 0.416 e. The molecule has 0 saturated carbocycles. The molecule has 3 N–H and O–H groups in total. The van der Waals surface area contributed by atoms with Gasteiger partial charge in [-0.05, 0) is 18.2 Å². The normalized spacial score (nSPS) is 10.9. The van der Waals surface area contributed by atoms with Crippen LogP contribution in [0.5, 0.6) is 0 Å². The maximum absolute atomic E-state index is 12.5.